The van der Waals surface area contributed by atoms with Gasteiger partial charge < -0.3 is 9.73 Å². The molecule has 0 aliphatic heterocycles. The SMILES string of the molecule is Cc1nc2cc(NC(=O)c3ccc(Cl)cc3[N+](=O)[O-])ccc2o1. The van der Waals surface area contributed by atoms with Crippen LogP contribution < -0.4 is 5.32 Å². The number of nitrogens with one attached hydrogen (secondary N) is 1. The summed E-state index contributed by atoms with van der Waals surface area (Å²) >= 11 is 5.74. The van der Waals surface area contributed by atoms with Gasteiger partial charge in [-0.25, -0.2) is 4.98 Å². The standard InChI is InChI=1S/C15H10ClN3O4/c1-8-17-12-7-10(3-5-14(12)23-8)18-15(20)11-4-2-9(16)6-13(11)19(21)22/h2-7H,1H3,(H,18,20). The van der Waals surface area contributed by atoms with Gasteiger partial charge in [-0.2, -0.15) is 0 Å². The fourth-order valence-electron chi connectivity index (χ4n) is 2.17. The molecule has 0 saturated heterocycles. The number of hydrogen-bond donors (Lipinski definition) is 1. The summed E-state index contributed by atoms with van der Waals surface area (Å²) < 4.78 is 5.35. The Labute approximate surface area is 135 Å². The van der Waals surface area contributed by atoms with E-state index in [4.69, 9.17) is 16.0 Å². The van der Waals surface area contributed by atoms with Crippen molar-refractivity contribution in [3.8, 4) is 0 Å². The summed E-state index contributed by atoms with van der Waals surface area (Å²) in [5.41, 5.74) is 1.22. The number of halogens is 1. The van der Waals surface area contributed by atoms with E-state index in [0.717, 1.165) is 6.07 Å². The van der Waals surface area contributed by atoms with Gasteiger partial charge in [0.05, 0.1) is 4.92 Å². The molecule has 7 nitrogen and oxygen atoms in total. The number of oxazole rings is 1. The molecule has 0 saturated carbocycles. The largest absolute Gasteiger partial charge is 0.441 e. The smallest absolute Gasteiger partial charge is 0.283 e. The van der Waals surface area contributed by atoms with Crippen molar-refractivity contribution in [2.75, 3.05) is 5.32 Å². The number of amides is 1. The van der Waals surface area contributed by atoms with Gasteiger partial charge in [-0.05, 0) is 30.3 Å². The molecule has 1 heterocycles. The number of nitro groups is 1. The molecular weight excluding hydrogens is 322 g/mol. The maximum Gasteiger partial charge on any atom is 0.283 e. The number of carbonyl (C=O) groups is 1. The third kappa shape index (κ3) is 3.00. The highest BCUT2D eigenvalue weighted by molar-refractivity contribution is 6.31. The number of anilines is 1. The molecule has 0 bridgehead atoms. The van der Waals surface area contributed by atoms with Gasteiger partial charge in [0, 0.05) is 23.7 Å². The minimum atomic E-state index is -0.648. The first-order chi connectivity index (χ1) is 10.9. The van der Waals surface area contributed by atoms with Crippen LogP contribution in [0.1, 0.15) is 16.2 Å². The highest BCUT2D eigenvalue weighted by atomic mass is 35.5. The van der Waals surface area contributed by atoms with Crippen LogP contribution in [-0.4, -0.2) is 15.8 Å². The van der Waals surface area contributed by atoms with E-state index >= 15 is 0 Å². The lowest BCUT2D eigenvalue weighted by Crippen LogP contribution is -2.13. The average Bonchev–Trinajstić information content (AvgIpc) is 2.86. The molecule has 1 amide bonds. The normalized spacial score (nSPS) is 10.7. The van der Waals surface area contributed by atoms with Gasteiger partial charge in [0.2, 0.25) is 0 Å². The van der Waals surface area contributed by atoms with Crippen molar-refractivity contribution >= 4 is 40.0 Å². The van der Waals surface area contributed by atoms with Gasteiger partial charge in [-0.1, -0.05) is 11.6 Å². The van der Waals surface area contributed by atoms with Crippen LogP contribution in [0.25, 0.3) is 11.1 Å². The molecule has 0 atom stereocenters. The number of fused-ring (bicyclic) bond motifs is 1. The van der Waals surface area contributed by atoms with Crippen molar-refractivity contribution in [2.45, 2.75) is 6.92 Å². The van der Waals surface area contributed by atoms with E-state index in [2.05, 4.69) is 10.3 Å². The van der Waals surface area contributed by atoms with Crippen molar-refractivity contribution in [3.63, 3.8) is 0 Å². The minimum absolute atomic E-state index is 0.0733. The van der Waals surface area contributed by atoms with E-state index in [1.54, 1.807) is 25.1 Å². The summed E-state index contributed by atoms with van der Waals surface area (Å²) in [7, 11) is 0. The second-order valence-corrected chi connectivity index (χ2v) is 5.22. The van der Waals surface area contributed by atoms with Gasteiger partial charge in [0.25, 0.3) is 11.6 Å². The van der Waals surface area contributed by atoms with E-state index in [1.807, 2.05) is 0 Å². The number of carbonyl (C=O) groups excluding carboxylic acids is 1. The van der Waals surface area contributed by atoms with Crippen molar-refractivity contribution in [1.29, 1.82) is 0 Å². The zero-order valence-electron chi connectivity index (χ0n) is 11.9. The number of hydrogen-bond acceptors (Lipinski definition) is 5. The Morgan fingerprint density at radius 3 is 2.83 bits per heavy atom. The number of benzene rings is 2. The molecule has 2 aromatic carbocycles. The molecule has 0 unspecified atom stereocenters. The Balaban J connectivity index is 1.92. The van der Waals surface area contributed by atoms with E-state index in [1.165, 1.54) is 12.1 Å². The van der Waals surface area contributed by atoms with Crippen molar-refractivity contribution in [2.24, 2.45) is 0 Å². The van der Waals surface area contributed by atoms with Gasteiger partial charge in [0.1, 0.15) is 11.1 Å². The maximum atomic E-state index is 12.3. The molecule has 1 aromatic heterocycles. The van der Waals surface area contributed by atoms with Crippen LogP contribution in [0.4, 0.5) is 11.4 Å². The van der Waals surface area contributed by atoms with Crippen LogP contribution in [0.3, 0.4) is 0 Å². The highest BCUT2D eigenvalue weighted by Crippen LogP contribution is 2.25. The summed E-state index contributed by atoms with van der Waals surface area (Å²) in [4.78, 5) is 26.9. The van der Waals surface area contributed by atoms with Crippen LogP contribution in [0.15, 0.2) is 40.8 Å². The van der Waals surface area contributed by atoms with Crippen LogP contribution in [-0.2, 0) is 0 Å². The summed E-state index contributed by atoms with van der Waals surface area (Å²) in [5, 5.41) is 13.8. The summed E-state index contributed by atoms with van der Waals surface area (Å²) in [6.07, 6.45) is 0. The Morgan fingerprint density at radius 1 is 1.30 bits per heavy atom. The average molecular weight is 332 g/mol. The lowest BCUT2D eigenvalue weighted by Gasteiger charge is -2.06. The van der Waals surface area contributed by atoms with Gasteiger partial charge in [0.15, 0.2) is 11.5 Å². The highest BCUT2D eigenvalue weighted by Gasteiger charge is 2.20. The fourth-order valence-corrected chi connectivity index (χ4v) is 2.33. The topological polar surface area (TPSA) is 98.3 Å². The Morgan fingerprint density at radius 2 is 2.09 bits per heavy atom. The summed E-state index contributed by atoms with van der Waals surface area (Å²) in [6, 6.07) is 8.81. The number of rotatable bonds is 3. The van der Waals surface area contributed by atoms with Gasteiger partial charge >= 0.3 is 0 Å². The maximum absolute atomic E-state index is 12.3. The Hall–Kier alpha value is -2.93. The Kier molecular flexibility index (Phi) is 3.71. The zero-order chi connectivity index (χ0) is 16.6. The molecule has 0 aliphatic rings. The molecule has 116 valence electrons. The van der Waals surface area contributed by atoms with E-state index in [0.29, 0.717) is 22.7 Å². The molecular formula is C15H10ClN3O4. The molecule has 0 aliphatic carbocycles. The lowest BCUT2D eigenvalue weighted by molar-refractivity contribution is -0.385. The third-order valence-corrected chi connectivity index (χ3v) is 3.39. The predicted molar refractivity (Wildman–Crippen MR) is 84.8 cm³/mol. The van der Waals surface area contributed by atoms with Crippen molar-refractivity contribution in [3.05, 3.63) is 63.0 Å². The second-order valence-electron chi connectivity index (χ2n) is 4.79. The molecule has 8 heteroatoms. The lowest BCUT2D eigenvalue weighted by atomic mass is 10.1. The van der Waals surface area contributed by atoms with Crippen molar-refractivity contribution in [1.82, 2.24) is 4.98 Å². The minimum Gasteiger partial charge on any atom is -0.441 e. The van der Waals surface area contributed by atoms with Gasteiger partial charge in [-0.15, -0.1) is 0 Å². The third-order valence-electron chi connectivity index (χ3n) is 3.15. The first-order valence-corrected chi connectivity index (χ1v) is 6.94. The fraction of sp³-hybridized carbons (Fsp3) is 0.0667. The molecule has 0 radical (unpaired) electrons. The van der Waals surface area contributed by atoms with Crippen LogP contribution in [0.5, 0.6) is 0 Å². The van der Waals surface area contributed by atoms with Crippen LogP contribution in [0.2, 0.25) is 5.02 Å². The predicted octanol–water partition coefficient (Wildman–Crippen LogP) is 3.95. The number of nitrogens with zero attached hydrogens (tertiary/aromatic N) is 2. The first-order valence-electron chi connectivity index (χ1n) is 6.56. The van der Waals surface area contributed by atoms with E-state index in [-0.39, 0.29) is 16.3 Å². The second kappa shape index (κ2) is 5.69. The molecule has 3 rings (SSSR count). The van der Waals surface area contributed by atoms with E-state index in [9.17, 15) is 14.9 Å². The quantitative estimate of drug-likeness (QED) is 0.578. The molecule has 0 fully saturated rings. The summed E-state index contributed by atoms with van der Waals surface area (Å²) in [5.74, 6) is -0.0928. The summed E-state index contributed by atoms with van der Waals surface area (Å²) in [6.45, 7) is 1.72. The number of aryl methyl sites for hydroxylation is 1. The van der Waals surface area contributed by atoms with Crippen molar-refractivity contribution < 1.29 is 14.1 Å². The molecule has 3 aromatic rings. The molecule has 0 spiro atoms. The first kappa shape index (κ1) is 15.0. The van der Waals surface area contributed by atoms with Crippen LogP contribution >= 0.6 is 11.6 Å². The zero-order valence-corrected chi connectivity index (χ0v) is 12.6. The van der Waals surface area contributed by atoms with E-state index < -0.39 is 10.8 Å². The van der Waals surface area contributed by atoms with Gasteiger partial charge in [-0.3, -0.25) is 14.9 Å². The molecule has 23 heavy (non-hydrogen) atoms. The number of aromatic nitrogens is 1. The Bertz CT molecular complexity index is 936. The monoisotopic (exact) mass is 331 g/mol. The molecule has 1 N–H and O–H groups in total. The number of nitro benzene ring substituents is 1. The van der Waals surface area contributed by atoms with Crippen LogP contribution in [0, 0.1) is 17.0 Å².